The third-order valence-corrected chi connectivity index (χ3v) is 7.46. The van der Waals surface area contributed by atoms with Crippen LogP contribution in [-0.4, -0.2) is 84.6 Å². The van der Waals surface area contributed by atoms with Gasteiger partial charge in [-0.05, 0) is 37.8 Å². The summed E-state index contributed by atoms with van der Waals surface area (Å²) in [4.78, 5) is 15.3. The molecule has 0 spiro atoms. The quantitative estimate of drug-likeness (QED) is 0.719. The first-order valence-corrected chi connectivity index (χ1v) is 11.5. The predicted molar refractivity (Wildman–Crippen MR) is 117 cm³/mol. The molecule has 1 atom stereocenters. The van der Waals surface area contributed by atoms with Gasteiger partial charge in [0.15, 0.2) is 0 Å². The van der Waals surface area contributed by atoms with Gasteiger partial charge in [-0.2, -0.15) is 0 Å². The second-order valence-electron chi connectivity index (χ2n) is 9.13. The van der Waals surface area contributed by atoms with Crippen LogP contribution in [-0.2, 0) is 13.0 Å². The summed E-state index contributed by atoms with van der Waals surface area (Å²) in [5.41, 5.74) is 2.75. The highest BCUT2D eigenvalue weighted by molar-refractivity contribution is 5.42. The molecule has 3 aliphatic rings. The van der Waals surface area contributed by atoms with Gasteiger partial charge in [0.2, 0.25) is 0 Å². The van der Waals surface area contributed by atoms with E-state index >= 15 is 0 Å². The lowest BCUT2D eigenvalue weighted by molar-refractivity contribution is 0.0564. The summed E-state index contributed by atoms with van der Waals surface area (Å²) in [6.07, 6.45) is 6.57. The van der Waals surface area contributed by atoms with E-state index in [-0.39, 0.29) is 0 Å². The number of anilines is 1. The van der Waals surface area contributed by atoms with Crippen LogP contribution in [0.15, 0.2) is 12.1 Å². The maximum Gasteiger partial charge on any atom is 0.128 e. The number of hydrogen-bond acceptors (Lipinski definition) is 5. The van der Waals surface area contributed by atoms with Gasteiger partial charge in [0.05, 0.1) is 0 Å². The molecule has 5 nitrogen and oxygen atoms in total. The molecule has 28 heavy (non-hydrogen) atoms. The molecule has 1 aromatic heterocycles. The van der Waals surface area contributed by atoms with E-state index < -0.39 is 0 Å². The Balaban J connectivity index is 1.24. The third-order valence-electron chi connectivity index (χ3n) is 7.46. The molecule has 1 unspecified atom stereocenters. The Morgan fingerprint density at radius 2 is 1.82 bits per heavy atom. The minimum absolute atomic E-state index is 0.537. The molecule has 3 heterocycles. The lowest BCUT2D eigenvalue weighted by Crippen LogP contribution is -2.53. The van der Waals surface area contributed by atoms with Crippen LogP contribution in [0.4, 0.5) is 5.82 Å². The van der Waals surface area contributed by atoms with Gasteiger partial charge in [0.25, 0.3) is 0 Å². The van der Waals surface area contributed by atoms with Crippen molar-refractivity contribution in [1.29, 1.82) is 0 Å². The normalized spacial score (nSPS) is 23.2. The Labute approximate surface area is 171 Å². The Morgan fingerprint density at radius 1 is 1.07 bits per heavy atom. The topological polar surface area (TPSA) is 25.9 Å². The molecule has 0 radical (unpaired) electrons. The Bertz CT molecular complexity index is 636. The van der Waals surface area contributed by atoms with Crippen LogP contribution < -0.4 is 4.90 Å². The van der Waals surface area contributed by atoms with E-state index in [0.29, 0.717) is 6.04 Å². The fourth-order valence-corrected chi connectivity index (χ4v) is 4.74. The van der Waals surface area contributed by atoms with Gasteiger partial charge in [0.1, 0.15) is 5.82 Å². The van der Waals surface area contributed by atoms with E-state index in [1.165, 1.54) is 69.8 Å². The van der Waals surface area contributed by atoms with E-state index in [1.807, 2.05) is 0 Å². The van der Waals surface area contributed by atoms with Gasteiger partial charge in [0, 0.05) is 83.6 Å². The first-order valence-electron chi connectivity index (χ1n) is 11.5. The standard InChI is InChI=1S/C23H39N5/c1-4-19(2)25(3)23-9-8-20-18-27(11-10-22(20)24-23)13-12-26-14-16-28(17-15-26)21-6-5-7-21/h8-9,19,21H,4-7,10-18H2,1-3H3. The van der Waals surface area contributed by atoms with Crippen LogP contribution in [0.3, 0.4) is 0 Å². The van der Waals surface area contributed by atoms with Gasteiger partial charge in [-0.15, -0.1) is 0 Å². The summed E-state index contributed by atoms with van der Waals surface area (Å²) in [7, 11) is 2.17. The van der Waals surface area contributed by atoms with Crippen molar-refractivity contribution in [1.82, 2.24) is 19.7 Å². The van der Waals surface area contributed by atoms with Gasteiger partial charge in [-0.3, -0.25) is 14.7 Å². The molecule has 0 N–H and O–H groups in total. The number of hydrogen-bond donors (Lipinski definition) is 0. The summed E-state index contributed by atoms with van der Waals surface area (Å²) in [6, 6.07) is 5.99. The molecule has 2 aliphatic heterocycles. The van der Waals surface area contributed by atoms with Gasteiger partial charge < -0.3 is 4.90 Å². The Morgan fingerprint density at radius 3 is 2.50 bits per heavy atom. The van der Waals surface area contributed by atoms with E-state index in [2.05, 4.69) is 52.6 Å². The van der Waals surface area contributed by atoms with Gasteiger partial charge >= 0.3 is 0 Å². The molecule has 156 valence electrons. The van der Waals surface area contributed by atoms with Crippen molar-refractivity contribution >= 4 is 5.82 Å². The SMILES string of the molecule is CCC(C)N(C)c1ccc2c(n1)CCN(CCN1CCN(C3CCC3)CC1)C2. The van der Waals surface area contributed by atoms with Crippen LogP contribution in [0.1, 0.15) is 50.8 Å². The highest BCUT2D eigenvalue weighted by Gasteiger charge is 2.28. The molecular formula is C23H39N5. The van der Waals surface area contributed by atoms with Crippen LogP contribution >= 0.6 is 0 Å². The number of rotatable bonds is 7. The number of piperazine rings is 1. The van der Waals surface area contributed by atoms with Crippen molar-refractivity contribution in [2.75, 3.05) is 57.8 Å². The number of aromatic nitrogens is 1. The molecule has 1 aromatic rings. The zero-order chi connectivity index (χ0) is 19.5. The average Bonchev–Trinajstić information content (AvgIpc) is 2.70. The zero-order valence-electron chi connectivity index (χ0n) is 18.2. The lowest BCUT2D eigenvalue weighted by Gasteiger charge is -2.43. The molecule has 1 aliphatic carbocycles. The predicted octanol–water partition coefficient (Wildman–Crippen LogP) is 2.84. The summed E-state index contributed by atoms with van der Waals surface area (Å²) >= 11 is 0. The summed E-state index contributed by atoms with van der Waals surface area (Å²) in [5, 5.41) is 0. The number of pyridine rings is 1. The van der Waals surface area contributed by atoms with Crippen molar-refractivity contribution < 1.29 is 0 Å². The van der Waals surface area contributed by atoms with E-state index in [9.17, 15) is 0 Å². The number of fused-ring (bicyclic) bond motifs is 1. The minimum Gasteiger partial charge on any atom is -0.357 e. The number of nitrogens with zero attached hydrogens (tertiary/aromatic N) is 5. The van der Waals surface area contributed by atoms with Gasteiger partial charge in [-0.1, -0.05) is 19.4 Å². The van der Waals surface area contributed by atoms with Crippen molar-refractivity contribution in [3.8, 4) is 0 Å². The lowest BCUT2D eigenvalue weighted by atomic mass is 9.91. The average molecular weight is 386 g/mol. The van der Waals surface area contributed by atoms with Crippen LogP contribution in [0.25, 0.3) is 0 Å². The molecule has 1 saturated heterocycles. The van der Waals surface area contributed by atoms with Gasteiger partial charge in [-0.25, -0.2) is 4.98 Å². The second-order valence-corrected chi connectivity index (χ2v) is 9.13. The van der Waals surface area contributed by atoms with Crippen LogP contribution in [0, 0.1) is 0 Å². The summed E-state index contributed by atoms with van der Waals surface area (Å²) in [5.74, 6) is 1.13. The molecule has 1 saturated carbocycles. The Kier molecular flexibility index (Phi) is 6.54. The van der Waals surface area contributed by atoms with E-state index in [0.717, 1.165) is 37.8 Å². The zero-order valence-corrected chi connectivity index (χ0v) is 18.2. The molecule has 0 bridgehead atoms. The first-order chi connectivity index (χ1) is 13.6. The van der Waals surface area contributed by atoms with Crippen molar-refractivity contribution in [3.63, 3.8) is 0 Å². The molecule has 0 amide bonds. The summed E-state index contributed by atoms with van der Waals surface area (Å²) in [6.45, 7) is 14.2. The Hall–Kier alpha value is -1.17. The fraction of sp³-hybridized carbons (Fsp3) is 0.783. The monoisotopic (exact) mass is 385 g/mol. The smallest absolute Gasteiger partial charge is 0.128 e. The maximum atomic E-state index is 4.99. The minimum atomic E-state index is 0.537. The molecular weight excluding hydrogens is 346 g/mol. The second kappa shape index (κ2) is 9.10. The van der Waals surface area contributed by atoms with Crippen molar-refractivity contribution in [3.05, 3.63) is 23.4 Å². The van der Waals surface area contributed by atoms with Crippen LogP contribution in [0.5, 0.6) is 0 Å². The highest BCUT2D eigenvalue weighted by atomic mass is 15.3. The maximum absolute atomic E-state index is 4.99. The van der Waals surface area contributed by atoms with Crippen molar-refractivity contribution in [2.24, 2.45) is 0 Å². The molecule has 5 heteroatoms. The van der Waals surface area contributed by atoms with E-state index in [4.69, 9.17) is 4.98 Å². The van der Waals surface area contributed by atoms with Crippen molar-refractivity contribution in [2.45, 2.75) is 64.6 Å². The molecule has 2 fully saturated rings. The first kappa shape index (κ1) is 20.1. The largest absolute Gasteiger partial charge is 0.357 e. The third kappa shape index (κ3) is 4.52. The van der Waals surface area contributed by atoms with Crippen LogP contribution in [0.2, 0.25) is 0 Å². The highest BCUT2D eigenvalue weighted by Crippen LogP contribution is 2.26. The molecule has 4 rings (SSSR count). The summed E-state index contributed by atoms with van der Waals surface area (Å²) < 4.78 is 0. The molecule has 0 aromatic carbocycles. The van der Waals surface area contributed by atoms with E-state index in [1.54, 1.807) is 0 Å². The fourth-order valence-electron chi connectivity index (χ4n) is 4.74.